The zero-order chi connectivity index (χ0) is 28.4. The van der Waals surface area contributed by atoms with Gasteiger partial charge in [0.1, 0.15) is 11.4 Å². The van der Waals surface area contributed by atoms with E-state index in [4.69, 9.17) is 9.47 Å². The Morgan fingerprint density at radius 2 is 1.70 bits per heavy atom. The van der Waals surface area contributed by atoms with Crippen LogP contribution in [0.1, 0.15) is 73.5 Å². The lowest BCUT2D eigenvalue weighted by Crippen LogP contribution is -2.50. The van der Waals surface area contributed by atoms with Crippen LogP contribution in [-0.4, -0.2) is 58.4 Å². The fourth-order valence-electron chi connectivity index (χ4n) is 5.68. The number of imide groups is 1. The third-order valence-corrected chi connectivity index (χ3v) is 7.80. The van der Waals surface area contributed by atoms with Crippen LogP contribution >= 0.6 is 0 Å². The van der Waals surface area contributed by atoms with Gasteiger partial charge in [0.15, 0.2) is 0 Å². The first kappa shape index (κ1) is 27.8. The quantitative estimate of drug-likeness (QED) is 0.340. The van der Waals surface area contributed by atoms with Crippen molar-refractivity contribution in [3.05, 3.63) is 64.7 Å². The number of esters is 1. The van der Waals surface area contributed by atoms with E-state index in [1.165, 1.54) is 0 Å². The molecule has 1 unspecified atom stereocenters. The third kappa shape index (κ3) is 6.53. The number of piperidine rings is 2. The van der Waals surface area contributed by atoms with Gasteiger partial charge in [0.2, 0.25) is 11.8 Å². The van der Waals surface area contributed by atoms with Crippen molar-refractivity contribution in [1.82, 2.24) is 15.1 Å². The summed E-state index contributed by atoms with van der Waals surface area (Å²) < 4.78 is 11.3. The van der Waals surface area contributed by atoms with E-state index in [-0.39, 0.29) is 23.9 Å². The van der Waals surface area contributed by atoms with Crippen molar-refractivity contribution in [2.24, 2.45) is 5.92 Å². The molecule has 3 heterocycles. The van der Waals surface area contributed by atoms with Crippen LogP contribution in [-0.2, 0) is 33.8 Å². The van der Waals surface area contributed by atoms with Crippen LogP contribution in [0.3, 0.4) is 0 Å². The number of carbonyl (C=O) groups is 4. The molecule has 1 atom stereocenters. The minimum atomic E-state index is -0.493. The second-order valence-corrected chi connectivity index (χ2v) is 12.0. The van der Waals surface area contributed by atoms with E-state index >= 15 is 0 Å². The first-order chi connectivity index (χ1) is 19.1. The monoisotopic (exact) mass is 547 g/mol. The highest BCUT2D eigenvalue weighted by Gasteiger charge is 2.36. The van der Waals surface area contributed by atoms with Gasteiger partial charge in [0, 0.05) is 38.2 Å². The number of amides is 3. The van der Waals surface area contributed by atoms with Crippen molar-refractivity contribution in [2.45, 2.75) is 77.6 Å². The number of ether oxygens (including phenoxy) is 2. The van der Waals surface area contributed by atoms with E-state index < -0.39 is 11.6 Å². The van der Waals surface area contributed by atoms with Gasteiger partial charge in [-0.3, -0.25) is 19.8 Å². The SMILES string of the molecule is CC(C)(C)OC(=O)N1CCC(Cc2ccc(C(=O)Oc3cccc4c3CN(C3CCC(=O)NC3=O)C4)cc2)CC1. The average Bonchev–Trinajstić information content (AvgIpc) is 3.33. The number of nitrogens with zero attached hydrogens (tertiary/aromatic N) is 2. The van der Waals surface area contributed by atoms with Crippen molar-refractivity contribution < 1.29 is 28.7 Å². The molecular formula is C31H37N3O6. The van der Waals surface area contributed by atoms with Gasteiger partial charge in [0.05, 0.1) is 11.6 Å². The smallest absolute Gasteiger partial charge is 0.410 e. The molecule has 5 rings (SSSR count). The summed E-state index contributed by atoms with van der Waals surface area (Å²) in [7, 11) is 0. The highest BCUT2D eigenvalue weighted by Crippen LogP contribution is 2.34. The molecule has 3 aliphatic heterocycles. The standard InChI is InChI=1S/C31H37N3O6/c1-31(2,3)40-30(38)33-15-13-21(14-16-33)17-20-7-9-22(10-8-20)29(37)39-26-6-4-5-23-18-34(19-24(23)26)25-11-12-27(35)32-28(25)36/h4-10,21,25H,11-19H2,1-3H3,(H,32,35,36). The lowest BCUT2D eigenvalue weighted by Gasteiger charge is -2.33. The second-order valence-electron chi connectivity index (χ2n) is 12.0. The minimum Gasteiger partial charge on any atom is -0.444 e. The molecule has 2 aromatic carbocycles. The number of nitrogens with one attached hydrogen (secondary N) is 1. The molecule has 3 amide bonds. The maximum absolute atomic E-state index is 13.0. The van der Waals surface area contributed by atoms with Gasteiger partial charge in [-0.15, -0.1) is 0 Å². The number of benzene rings is 2. The molecule has 0 bridgehead atoms. The Hall–Kier alpha value is -3.72. The highest BCUT2D eigenvalue weighted by molar-refractivity contribution is 6.00. The number of hydrogen-bond donors (Lipinski definition) is 1. The highest BCUT2D eigenvalue weighted by atomic mass is 16.6. The molecule has 0 aliphatic carbocycles. The van der Waals surface area contributed by atoms with Crippen molar-refractivity contribution in [3.8, 4) is 5.75 Å². The molecule has 1 N–H and O–H groups in total. The van der Waals surface area contributed by atoms with Gasteiger partial charge in [-0.25, -0.2) is 9.59 Å². The average molecular weight is 548 g/mol. The molecule has 2 saturated heterocycles. The fourth-order valence-corrected chi connectivity index (χ4v) is 5.68. The fraction of sp³-hybridized carbons (Fsp3) is 0.484. The summed E-state index contributed by atoms with van der Waals surface area (Å²) in [5, 5.41) is 2.42. The Kier molecular flexibility index (Phi) is 7.94. The predicted octanol–water partition coefficient (Wildman–Crippen LogP) is 4.22. The lowest BCUT2D eigenvalue weighted by molar-refractivity contribution is -0.137. The number of rotatable bonds is 5. The first-order valence-electron chi connectivity index (χ1n) is 14.0. The summed E-state index contributed by atoms with van der Waals surface area (Å²) in [6.45, 7) is 8.05. The van der Waals surface area contributed by atoms with E-state index in [9.17, 15) is 19.2 Å². The summed E-state index contributed by atoms with van der Waals surface area (Å²) in [5.41, 5.74) is 3.04. The Morgan fingerprint density at radius 3 is 2.38 bits per heavy atom. The Balaban J connectivity index is 1.14. The van der Waals surface area contributed by atoms with Gasteiger partial charge < -0.3 is 14.4 Å². The van der Waals surface area contributed by atoms with Crippen LogP contribution in [0.5, 0.6) is 5.75 Å². The lowest BCUT2D eigenvalue weighted by atomic mass is 9.90. The van der Waals surface area contributed by atoms with Crippen molar-refractivity contribution in [2.75, 3.05) is 13.1 Å². The van der Waals surface area contributed by atoms with E-state index in [1.807, 2.05) is 49.9 Å². The van der Waals surface area contributed by atoms with Crippen LogP contribution in [0.4, 0.5) is 4.79 Å². The predicted molar refractivity (Wildman–Crippen MR) is 147 cm³/mol. The van der Waals surface area contributed by atoms with Gasteiger partial charge in [-0.1, -0.05) is 24.3 Å². The van der Waals surface area contributed by atoms with Gasteiger partial charge in [0.25, 0.3) is 0 Å². The van der Waals surface area contributed by atoms with Crippen LogP contribution in [0.25, 0.3) is 0 Å². The topological polar surface area (TPSA) is 105 Å². The molecule has 0 spiro atoms. The molecular weight excluding hydrogens is 510 g/mol. The van der Waals surface area contributed by atoms with Crippen molar-refractivity contribution >= 4 is 23.9 Å². The van der Waals surface area contributed by atoms with E-state index in [1.54, 1.807) is 23.1 Å². The number of carbonyl (C=O) groups excluding carboxylic acids is 4. The van der Waals surface area contributed by atoms with Gasteiger partial charge in [-0.05, 0) is 81.7 Å². The molecule has 3 aliphatic rings. The normalized spacial score (nSPS) is 20.2. The second kappa shape index (κ2) is 11.4. The van der Waals surface area contributed by atoms with E-state index in [0.29, 0.717) is 56.3 Å². The number of likely N-dealkylation sites (tertiary alicyclic amines) is 1. The largest absolute Gasteiger partial charge is 0.444 e. The molecule has 40 heavy (non-hydrogen) atoms. The molecule has 0 saturated carbocycles. The van der Waals surface area contributed by atoms with Crippen LogP contribution in [0.15, 0.2) is 42.5 Å². The molecule has 0 radical (unpaired) electrons. The van der Waals surface area contributed by atoms with Gasteiger partial charge >= 0.3 is 12.1 Å². The summed E-state index contributed by atoms with van der Waals surface area (Å²) in [6, 6.07) is 12.8. The molecule has 9 heteroatoms. The molecule has 2 fully saturated rings. The van der Waals surface area contributed by atoms with Crippen molar-refractivity contribution in [1.29, 1.82) is 0 Å². The molecule has 0 aromatic heterocycles. The van der Waals surface area contributed by atoms with Crippen LogP contribution in [0.2, 0.25) is 0 Å². The summed E-state index contributed by atoms with van der Waals surface area (Å²) >= 11 is 0. The molecule has 9 nitrogen and oxygen atoms in total. The Morgan fingerprint density at radius 1 is 0.975 bits per heavy atom. The van der Waals surface area contributed by atoms with E-state index in [0.717, 1.165) is 36.0 Å². The maximum atomic E-state index is 13.0. The van der Waals surface area contributed by atoms with Crippen molar-refractivity contribution in [3.63, 3.8) is 0 Å². The molecule has 212 valence electrons. The van der Waals surface area contributed by atoms with Crippen LogP contribution < -0.4 is 10.1 Å². The summed E-state index contributed by atoms with van der Waals surface area (Å²) in [4.78, 5) is 53.0. The van der Waals surface area contributed by atoms with E-state index in [2.05, 4.69) is 5.32 Å². The number of fused-ring (bicyclic) bond motifs is 1. The number of hydrogen-bond acceptors (Lipinski definition) is 7. The minimum absolute atomic E-state index is 0.234. The third-order valence-electron chi connectivity index (χ3n) is 7.80. The Bertz CT molecular complexity index is 1290. The van der Waals surface area contributed by atoms with Crippen LogP contribution in [0, 0.1) is 5.92 Å². The molecule has 2 aromatic rings. The van der Waals surface area contributed by atoms with Gasteiger partial charge in [-0.2, -0.15) is 0 Å². The Labute approximate surface area is 234 Å². The summed E-state index contributed by atoms with van der Waals surface area (Å²) in [6.07, 6.45) is 3.28. The zero-order valence-electron chi connectivity index (χ0n) is 23.4. The zero-order valence-corrected chi connectivity index (χ0v) is 23.4. The summed E-state index contributed by atoms with van der Waals surface area (Å²) in [5.74, 6) is 0.0392. The maximum Gasteiger partial charge on any atom is 0.410 e. The first-order valence-corrected chi connectivity index (χ1v) is 14.0.